The van der Waals surface area contributed by atoms with Gasteiger partial charge in [-0.05, 0) is 25.3 Å². The number of carbonyl (C=O) groups excluding carboxylic acids is 1. The van der Waals surface area contributed by atoms with Crippen LogP contribution in [0.3, 0.4) is 0 Å². The molecule has 1 aromatic heterocycles. The first-order valence-corrected chi connectivity index (χ1v) is 8.40. The van der Waals surface area contributed by atoms with Crippen LogP contribution < -0.4 is 5.32 Å². The molecular formula is C11H12ClF3N2O3S. The molecule has 1 fully saturated rings. The largest absolute Gasteiger partial charge is 0.405 e. The van der Waals surface area contributed by atoms with Crippen molar-refractivity contribution in [2.75, 3.05) is 6.54 Å². The zero-order chi connectivity index (χ0) is 15.8. The van der Waals surface area contributed by atoms with Crippen molar-refractivity contribution in [2.24, 2.45) is 0 Å². The van der Waals surface area contributed by atoms with Gasteiger partial charge >= 0.3 is 6.18 Å². The average Bonchev–Trinajstić information content (AvgIpc) is 2.67. The molecule has 0 aromatic carbocycles. The third-order valence-corrected chi connectivity index (χ3v) is 4.58. The first-order chi connectivity index (χ1) is 9.58. The molecule has 21 heavy (non-hydrogen) atoms. The lowest BCUT2D eigenvalue weighted by Crippen LogP contribution is -2.35. The van der Waals surface area contributed by atoms with Crippen molar-refractivity contribution in [1.82, 2.24) is 9.88 Å². The predicted molar refractivity (Wildman–Crippen MR) is 68.7 cm³/mol. The Hall–Kier alpha value is -1.22. The molecule has 1 heterocycles. The highest BCUT2D eigenvalue weighted by Crippen LogP contribution is 2.34. The molecule has 1 aliphatic rings. The number of hydrogen-bond acceptors (Lipinski definition) is 3. The number of hydrogen-bond donors (Lipinski definition) is 1. The van der Waals surface area contributed by atoms with E-state index >= 15 is 0 Å². The maximum absolute atomic E-state index is 12.1. The first kappa shape index (κ1) is 16.2. The normalized spacial score (nSPS) is 16.6. The van der Waals surface area contributed by atoms with Crippen LogP contribution in [0.15, 0.2) is 17.2 Å². The molecule has 1 saturated carbocycles. The molecule has 5 nitrogen and oxygen atoms in total. The van der Waals surface area contributed by atoms with E-state index in [0.29, 0.717) is 0 Å². The van der Waals surface area contributed by atoms with Crippen molar-refractivity contribution in [3.8, 4) is 0 Å². The van der Waals surface area contributed by atoms with E-state index < -0.39 is 27.7 Å². The van der Waals surface area contributed by atoms with Crippen LogP contribution in [0, 0.1) is 0 Å². The van der Waals surface area contributed by atoms with Crippen LogP contribution in [0.2, 0.25) is 0 Å². The Kier molecular flexibility index (Phi) is 4.25. The first-order valence-electron chi connectivity index (χ1n) is 6.09. The topological polar surface area (TPSA) is 68.2 Å². The van der Waals surface area contributed by atoms with Crippen LogP contribution in [0.4, 0.5) is 13.2 Å². The maximum Gasteiger partial charge on any atom is 0.405 e. The zero-order valence-corrected chi connectivity index (χ0v) is 12.2. The van der Waals surface area contributed by atoms with Gasteiger partial charge in [-0.2, -0.15) is 13.2 Å². The van der Waals surface area contributed by atoms with E-state index in [1.165, 1.54) is 10.8 Å². The number of alkyl halides is 3. The summed E-state index contributed by atoms with van der Waals surface area (Å²) in [6.07, 6.45) is -0.971. The van der Waals surface area contributed by atoms with E-state index in [-0.39, 0.29) is 16.6 Å². The van der Waals surface area contributed by atoms with Gasteiger partial charge in [0.2, 0.25) is 0 Å². The lowest BCUT2D eigenvalue weighted by molar-refractivity contribution is -0.123. The van der Waals surface area contributed by atoms with Gasteiger partial charge in [-0.25, -0.2) is 8.42 Å². The number of aromatic nitrogens is 1. The third kappa shape index (κ3) is 3.91. The molecule has 10 heteroatoms. The van der Waals surface area contributed by atoms with Crippen molar-refractivity contribution in [1.29, 1.82) is 0 Å². The summed E-state index contributed by atoms with van der Waals surface area (Å²) in [6, 6.07) is 0.899. The Balaban J connectivity index is 2.28. The minimum atomic E-state index is -4.54. The number of nitrogens with zero attached hydrogens (tertiary/aromatic N) is 1. The van der Waals surface area contributed by atoms with Gasteiger partial charge in [0.25, 0.3) is 15.0 Å². The summed E-state index contributed by atoms with van der Waals surface area (Å²) in [5.41, 5.74) is -0.136. The Bertz CT molecular complexity index is 650. The van der Waals surface area contributed by atoms with Gasteiger partial charge < -0.3 is 9.88 Å². The predicted octanol–water partition coefficient (Wildman–Crippen LogP) is 2.43. The lowest BCUT2D eigenvalue weighted by atomic mass is 9.93. The summed E-state index contributed by atoms with van der Waals surface area (Å²) in [5, 5.41) is 1.72. The molecular weight excluding hydrogens is 333 g/mol. The summed E-state index contributed by atoms with van der Waals surface area (Å²) >= 11 is 0. The smallest absolute Gasteiger partial charge is 0.342 e. The summed E-state index contributed by atoms with van der Waals surface area (Å²) < 4.78 is 60.4. The fourth-order valence-corrected chi connectivity index (χ4v) is 2.75. The Morgan fingerprint density at radius 2 is 2.05 bits per heavy atom. The van der Waals surface area contributed by atoms with Crippen LogP contribution in [-0.4, -0.2) is 31.6 Å². The monoisotopic (exact) mass is 344 g/mol. The number of halogens is 4. The van der Waals surface area contributed by atoms with Crippen LogP contribution in [0.1, 0.15) is 35.8 Å². The van der Waals surface area contributed by atoms with Crippen LogP contribution >= 0.6 is 10.7 Å². The molecule has 2 rings (SSSR count). The van der Waals surface area contributed by atoms with E-state index in [2.05, 4.69) is 0 Å². The molecule has 0 spiro atoms. The zero-order valence-electron chi connectivity index (χ0n) is 10.7. The Morgan fingerprint density at radius 1 is 1.43 bits per heavy atom. The van der Waals surface area contributed by atoms with Crippen molar-refractivity contribution >= 4 is 25.6 Å². The molecule has 0 aliphatic heterocycles. The molecule has 0 unspecified atom stereocenters. The summed E-state index contributed by atoms with van der Waals surface area (Å²) in [5.74, 6) is -0.981. The van der Waals surface area contributed by atoms with Gasteiger partial charge in [-0.3, -0.25) is 4.79 Å². The fraction of sp³-hybridized carbons (Fsp3) is 0.545. The number of nitrogens with one attached hydrogen (secondary N) is 1. The third-order valence-electron chi connectivity index (χ3n) is 3.26. The Morgan fingerprint density at radius 3 is 2.48 bits per heavy atom. The summed E-state index contributed by atoms with van der Waals surface area (Å²) in [4.78, 5) is 11.5. The van der Waals surface area contributed by atoms with Crippen molar-refractivity contribution in [2.45, 2.75) is 36.4 Å². The van der Waals surface area contributed by atoms with Gasteiger partial charge in [0.15, 0.2) is 0 Å². The molecule has 118 valence electrons. The second-order valence-corrected chi connectivity index (χ2v) is 7.35. The standard InChI is InChI=1S/C11H12ClF3N2O3S/c12-21(19,20)8-4-9(10(18)16-6-11(13,14)15)17(5-8)7-2-1-3-7/h4-5,7H,1-3,6H2,(H,16,18). The van der Waals surface area contributed by atoms with Crippen LogP contribution in [-0.2, 0) is 9.05 Å². The van der Waals surface area contributed by atoms with Gasteiger partial charge in [-0.1, -0.05) is 0 Å². The fourth-order valence-electron chi connectivity index (χ4n) is 2.01. The highest BCUT2D eigenvalue weighted by molar-refractivity contribution is 8.13. The molecule has 0 bridgehead atoms. The summed E-state index contributed by atoms with van der Waals surface area (Å²) in [6.45, 7) is -1.48. The molecule has 0 radical (unpaired) electrons. The summed E-state index contributed by atoms with van der Waals surface area (Å²) in [7, 11) is 1.16. The number of carbonyl (C=O) groups is 1. The van der Waals surface area contributed by atoms with Gasteiger partial charge in [0, 0.05) is 22.9 Å². The quantitative estimate of drug-likeness (QED) is 0.853. The van der Waals surface area contributed by atoms with Crippen LogP contribution in [0.25, 0.3) is 0 Å². The molecule has 1 aliphatic carbocycles. The van der Waals surface area contributed by atoms with E-state index in [9.17, 15) is 26.4 Å². The second kappa shape index (κ2) is 5.53. The maximum atomic E-state index is 12.1. The highest BCUT2D eigenvalue weighted by Gasteiger charge is 2.31. The van der Waals surface area contributed by atoms with Gasteiger partial charge in [-0.15, -0.1) is 0 Å². The number of amides is 1. The molecule has 1 amide bonds. The van der Waals surface area contributed by atoms with Crippen LogP contribution in [0.5, 0.6) is 0 Å². The second-order valence-electron chi connectivity index (χ2n) is 4.79. The highest BCUT2D eigenvalue weighted by atomic mass is 35.7. The van der Waals surface area contributed by atoms with E-state index in [0.717, 1.165) is 25.3 Å². The minimum Gasteiger partial charge on any atom is -0.342 e. The Labute approximate surface area is 123 Å². The lowest BCUT2D eigenvalue weighted by Gasteiger charge is -2.28. The molecule has 1 aromatic rings. The minimum absolute atomic E-state index is 0.0937. The van der Waals surface area contributed by atoms with Crippen molar-refractivity contribution in [3.05, 3.63) is 18.0 Å². The SMILES string of the molecule is O=C(NCC(F)(F)F)c1cc(S(=O)(=O)Cl)cn1C1CCC1. The molecule has 0 atom stereocenters. The number of rotatable bonds is 4. The molecule has 1 N–H and O–H groups in total. The van der Waals surface area contributed by atoms with Crippen molar-refractivity contribution < 1.29 is 26.4 Å². The van der Waals surface area contributed by atoms with Gasteiger partial charge in [0.05, 0.1) is 0 Å². The van der Waals surface area contributed by atoms with E-state index in [1.54, 1.807) is 5.32 Å². The molecule has 0 saturated heterocycles. The van der Waals surface area contributed by atoms with E-state index in [1.807, 2.05) is 0 Å². The van der Waals surface area contributed by atoms with E-state index in [4.69, 9.17) is 10.7 Å². The average molecular weight is 345 g/mol. The van der Waals surface area contributed by atoms with Gasteiger partial charge in [0.1, 0.15) is 17.1 Å². The van der Waals surface area contributed by atoms with Crippen molar-refractivity contribution in [3.63, 3.8) is 0 Å².